The van der Waals surface area contributed by atoms with Gasteiger partial charge in [-0.1, -0.05) is 25.5 Å². The molecule has 1 amide bonds. The highest BCUT2D eigenvalue weighted by Crippen LogP contribution is 2.23. The maximum atomic E-state index is 14.0. The van der Waals surface area contributed by atoms with Gasteiger partial charge < -0.3 is 11.1 Å². The molecule has 2 aromatic carbocycles. The molecular weight excluding hydrogens is 334 g/mol. The van der Waals surface area contributed by atoms with E-state index in [1.54, 1.807) is 18.2 Å². The van der Waals surface area contributed by atoms with Crippen molar-refractivity contribution in [2.45, 2.75) is 32.7 Å². The number of amides is 1. The second kappa shape index (κ2) is 8.64. The van der Waals surface area contributed by atoms with Gasteiger partial charge in [0.25, 0.3) is 5.91 Å². The van der Waals surface area contributed by atoms with Crippen LogP contribution in [0, 0.1) is 18.6 Å². The van der Waals surface area contributed by atoms with Gasteiger partial charge in [0, 0.05) is 22.9 Å². The van der Waals surface area contributed by atoms with Crippen molar-refractivity contribution in [2.75, 3.05) is 5.73 Å². The van der Waals surface area contributed by atoms with E-state index in [2.05, 4.69) is 5.32 Å². The van der Waals surface area contributed by atoms with Crippen LogP contribution in [0.15, 0.2) is 36.4 Å². The molecule has 0 fully saturated rings. The van der Waals surface area contributed by atoms with Crippen molar-refractivity contribution >= 4 is 24.0 Å². The largest absolute Gasteiger partial charge is 0.399 e. The molecule has 6 heteroatoms. The number of nitrogens with one attached hydrogen (secondary N) is 1. The van der Waals surface area contributed by atoms with Gasteiger partial charge in [-0.2, -0.15) is 0 Å². The van der Waals surface area contributed by atoms with Gasteiger partial charge in [-0.25, -0.2) is 8.78 Å². The molecule has 0 saturated carbocycles. The van der Waals surface area contributed by atoms with Crippen LogP contribution in [0.1, 0.15) is 47.3 Å². The minimum absolute atomic E-state index is 0. The predicted molar refractivity (Wildman–Crippen MR) is 94.3 cm³/mol. The molecule has 0 saturated heterocycles. The van der Waals surface area contributed by atoms with Gasteiger partial charge >= 0.3 is 0 Å². The first-order valence-corrected chi connectivity index (χ1v) is 7.54. The number of anilines is 1. The Morgan fingerprint density at radius 3 is 2.54 bits per heavy atom. The average Bonchev–Trinajstić information content (AvgIpc) is 2.49. The van der Waals surface area contributed by atoms with E-state index >= 15 is 0 Å². The summed E-state index contributed by atoms with van der Waals surface area (Å²) in [5.74, 6) is -1.62. The lowest BCUT2D eigenvalue weighted by Gasteiger charge is -2.20. The van der Waals surface area contributed by atoms with Crippen molar-refractivity contribution in [1.29, 1.82) is 0 Å². The summed E-state index contributed by atoms with van der Waals surface area (Å²) in [7, 11) is 0. The molecule has 0 aliphatic heterocycles. The molecule has 1 atom stereocenters. The lowest BCUT2D eigenvalue weighted by molar-refractivity contribution is 0.0933. The van der Waals surface area contributed by atoms with Crippen molar-refractivity contribution in [3.63, 3.8) is 0 Å². The summed E-state index contributed by atoms with van der Waals surface area (Å²) in [6.07, 6.45) is 1.30. The summed E-state index contributed by atoms with van der Waals surface area (Å²) in [6, 6.07) is 7.95. The van der Waals surface area contributed by atoms with Gasteiger partial charge in [0.2, 0.25) is 0 Å². The number of nitrogen functional groups attached to an aromatic ring is 1. The molecule has 0 aromatic heterocycles. The van der Waals surface area contributed by atoms with Crippen molar-refractivity contribution in [3.05, 3.63) is 64.7 Å². The van der Waals surface area contributed by atoms with E-state index in [1.807, 2.05) is 13.8 Å². The molecule has 2 rings (SSSR count). The Kier molecular flexibility index (Phi) is 7.17. The maximum absolute atomic E-state index is 14.0. The summed E-state index contributed by atoms with van der Waals surface area (Å²) in [5, 5.41) is 2.82. The Morgan fingerprint density at radius 2 is 1.92 bits per heavy atom. The Bertz CT molecular complexity index is 722. The second-order valence-corrected chi connectivity index (χ2v) is 5.55. The van der Waals surface area contributed by atoms with Crippen molar-refractivity contribution in [1.82, 2.24) is 5.32 Å². The third-order valence-corrected chi connectivity index (χ3v) is 3.73. The Labute approximate surface area is 146 Å². The fourth-order valence-corrected chi connectivity index (χ4v) is 2.50. The molecular formula is C18H21ClF2N2O. The Balaban J connectivity index is 0.00000288. The van der Waals surface area contributed by atoms with E-state index in [9.17, 15) is 13.6 Å². The first-order chi connectivity index (χ1) is 10.9. The summed E-state index contributed by atoms with van der Waals surface area (Å²) >= 11 is 0. The minimum atomic E-state index is -0.659. The standard InChI is InChI=1S/C18H20F2N2O.ClH/c1-3-4-17(14-8-6-12(19)9-16(14)20)22-18(23)15-10-13(21)7-5-11(15)2;/h5-10,17H,3-4,21H2,1-2H3,(H,22,23);1H. The van der Waals surface area contributed by atoms with Crippen LogP contribution in [0.3, 0.4) is 0 Å². The van der Waals surface area contributed by atoms with Crippen LogP contribution in [0.25, 0.3) is 0 Å². The zero-order chi connectivity index (χ0) is 17.0. The van der Waals surface area contributed by atoms with Crippen LogP contribution in [0.2, 0.25) is 0 Å². The monoisotopic (exact) mass is 354 g/mol. The average molecular weight is 355 g/mol. The van der Waals surface area contributed by atoms with Crippen LogP contribution in [-0.2, 0) is 0 Å². The number of halogens is 3. The molecule has 0 aliphatic carbocycles. The maximum Gasteiger partial charge on any atom is 0.252 e. The van der Waals surface area contributed by atoms with E-state index in [0.29, 0.717) is 17.7 Å². The van der Waals surface area contributed by atoms with Crippen LogP contribution in [-0.4, -0.2) is 5.91 Å². The minimum Gasteiger partial charge on any atom is -0.399 e. The van der Waals surface area contributed by atoms with Crippen LogP contribution in [0.5, 0.6) is 0 Å². The SMILES string of the molecule is CCCC(NC(=O)c1cc(N)ccc1C)c1ccc(F)cc1F.Cl. The number of aryl methyl sites for hydroxylation is 1. The molecule has 24 heavy (non-hydrogen) atoms. The molecule has 0 aliphatic rings. The van der Waals surface area contributed by atoms with Gasteiger partial charge in [0.05, 0.1) is 6.04 Å². The molecule has 2 aromatic rings. The highest BCUT2D eigenvalue weighted by molar-refractivity contribution is 5.96. The molecule has 1 unspecified atom stereocenters. The third-order valence-electron chi connectivity index (χ3n) is 3.73. The normalized spacial score (nSPS) is 11.5. The van der Waals surface area contributed by atoms with Gasteiger partial charge in [0.1, 0.15) is 11.6 Å². The van der Waals surface area contributed by atoms with Crippen molar-refractivity contribution < 1.29 is 13.6 Å². The molecule has 3 nitrogen and oxygen atoms in total. The molecule has 0 heterocycles. The molecule has 0 radical (unpaired) electrons. The van der Waals surface area contributed by atoms with E-state index < -0.39 is 17.7 Å². The second-order valence-electron chi connectivity index (χ2n) is 5.55. The van der Waals surface area contributed by atoms with E-state index in [0.717, 1.165) is 18.1 Å². The zero-order valence-electron chi connectivity index (χ0n) is 13.6. The fraction of sp³-hybridized carbons (Fsp3) is 0.278. The summed E-state index contributed by atoms with van der Waals surface area (Å²) in [4.78, 5) is 12.5. The van der Waals surface area contributed by atoms with Gasteiger partial charge in [-0.15, -0.1) is 12.4 Å². The van der Waals surface area contributed by atoms with Crippen LogP contribution >= 0.6 is 12.4 Å². The number of benzene rings is 2. The first kappa shape index (κ1) is 19.9. The third kappa shape index (κ3) is 4.68. The number of hydrogen-bond donors (Lipinski definition) is 2. The number of carbonyl (C=O) groups is 1. The molecule has 0 spiro atoms. The Morgan fingerprint density at radius 1 is 1.21 bits per heavy atom. The topological polar surface area (TPSA) is 55.1 Å². The number of rotatable bonds is 5. The molecule has 0 bridgehead atoms. The number of hydrogen-bond acceptors (Lipinski definition) is 2. The predicted octanol–water partition coefficient (Wildman–Crippen LogP) is 4.55. The summed E-state index contributed by atoms with van der Waals surface area (Å²) in [5.41, 5.74) is 7.73. The fourth-order valence-electron chi connectivity index (χ4n) is 2.50. The zero-order valence-corrected chi connectivity index (χ0v) is 14.4. The number of nitrogens with two attached hydrogens (primary N) is 1. The highest BCUT2D eigenvalue weighted by atomic mass is 35.5. The van der Waals surface area contributed by atoms with E-state index in [4.69, 9.17) is 5.73 Å². The van der Waals surface area contributed by atoms with E-state index in [1.165, 1.54) is 12.1 Å². The summed E-state index contributed by atoms with van der Waals surface area (Å²) in [6.45, 7) is 3.74. The summed E-state index contributed by atoms with van der Waals surface area (Å²) < 4.78 is 27.1. The van der Waals surface area contributed by atoms with Gasteiger partial charge in [-0.05, 0) is 37.1 Å². The molecule has 3 N–H and O–H groups in total. The van der Waals surface area contributed by atoms with Gasteiger partial charge in [0.15, 0.2) is 0 Å². The quantitative estimate of drug-likeness (QED) is 0.774. The molecule has 130 valence electrons. The van der Waals surface area contributed by atoms with Crippen LogP contribution in [0.4, 0.5) is 14.5 Å². The number of carbonyl (C=O) groups excluding carboxylic acids is 1. The lowest BCUT2D eigenvalue weighted by atomic mass is 10.00. The van der Waals surface area contributed by atoms with Crippen molar-refractivity contribution in [3.8, 4) is 0 Å². The smallest absolute Gasteiger partial charge is 0.252 e. The van der Waals surface area contributed by atoms with Crippen molar-refractivity contribution in [2.24, 2.45) is 0 Å². The van der Waals surface area contributed by atoms with E-state index in [-0.39, 0.29) is 23.9 Å². The first-order valence-electron chi connectivity index (χ1n) is 7.54. The van der Waals surface area contributed by atoms with Gasteiger partial charge in [-0.3, -0.25) is 4.79 Å². The lowest BCUT2D eigenvalue weighted by Crippen LogP contribution is -2.29. The van der Waals surface area contributed by atoms with Crippen LogP contribution < -0.4 is 11.1 Å². The highest BCUT2D eigenvalue weighted by Gasteiger charge is 2.19. The Hall–Kier alpha value is -2.14.